The summed E-state index contributed by atoms with van der Waals surface area (Å²) in [7, 11) is 0. The van der Waals surface area contributed by atoms with Crippen molar-refractivity contribution >= 4 is 5.91 Å². The fourth-order valence-corrected chi connectivity index (χ4v) is 2.24. The predicted molar refractivity (Wildman–Crippen MR) is 75.1 cm³/mol. The standard InChI is InChI=1S/C15H21FN2O2/c1-11(10-20-13-6-4-5-12(16)9-13)18-15(19)14-7-2-3-8-17-14/h4-6,9,11,14,17H,2-3,7-8,10H2,1H3,(H,18,19). The molecule has 20 heavy (non-hydrogen) atoms. The quantitative estimate of drug-likeness (QED) is 0.865. The second kappa shape index (κ2) is 7.24. The molecule has 0 aliphatic carbocycles. The van der Waals surface area contributed by atoms with Gasteiger partial charge < -0.3 is 15.4 Å². The zero-order valence-electron chi connectivity index (χ0n) is 11.7. The summed E-state index contributed by atoms with van der Waals surface area (Å²) in [4.78, 5) is 12.0. The number of amides is 1. The first-order valence-electron chi connectivity index (χ1n) is 7.07. The third-order valence-electron chi connectivity index (χ3n) is 3.31. The maximum atomic E-state index is 13.0. The number of piperidine rings is 1. The smallest absolute Gasteiger partial charge is 0.237 e. The van der Waals surface area contributed by atoms with Gasteiger partial charge in [-0.25, -0.2) is 4.39 Å². The van der Waals surface area contributed by atoms with Crippen LogP contribution in [0, 0.1) is 5.82 Å². The molecule has 0 radical (unpaired) electrons. The lowest BCUT2D eigenvalue weighted by Crippen LogP contribution is -2.50. The molecule has 1 aromatic carbocycles. The molecule has 0 aromatic heterocycles. The Hall–Kier alpha value is -1.62. The molecule has 1 saturated heterocycles. The Morgan fingerprint density at radius 3 is 3.10 bits per heavy atom. The normalized spacial score (nSPS) is 20.2. The van der Waals surface area contributed by atoms with Gasteiger partial charge >= 0.3 is 0 Å². The molecule has 2 atom stereocenters. The van der Waals surface area contributed by atoms with Gasteiger partial charge in [0.1, 0.15) is 18.2 Å². The van der Waals surface area contributed by atoms with Crippen molar-refractivity contribution in [3.8, 4) is 5.75 Å². The highest BCUT2D eigenvalue weighted by molar-refractivity contribution is 5.82. The number of rotatable bonds is 5. The van der Waals surface area contributed by atoms with Gasteiger partial charge in [0.05, 0.1) is 12.1 Å². The topological polar surface area (TPSA) is 50.4 Å². The van der Waals surface area contributed by atoms with Crippen molar-refractivity contribution in [1.29, 1.82) is 0 Å². The largest absolute Gasteiger partial charge is 0.491 e. The van der Waals surface area contributed by atoms with Gasteiger partial charge in [0.2, 0.25) is 5.91 Å². The van der Waals surface area contributed by atoms with Crippen molar-refractivity contribution in [2.45, 2.75) is 38.3 Å². The first-order chi connectivity index (χ1) is 9.65. The van der Waals surface area contributed by atoms with Crippen molar-refractivity contribution < 1.29 is 13.9 Å². The van der Waals surface area contributed by atoms with Crippen LogP contribution in [0.2, 0.25) is 0 Å². The zero-order valence-corrected chi connectivity index (χ0v) is 11.7. The SMILES string of the molecule is CC(COc1cccc(F)c1)NC(=O)C1CCCCN1. The number of carbonyl (C=O) groups is 1. The van der Waals surface area contributed by atoms with Crippen LogP contribution in [0.15, 0.2) is 24.3 Å². The van der Waals surface area contributed by atoms with Gasteiger partial charge in [0, 0.05) is 6.07 Å². The van der Waals surface area contributed by atoms with Crippen molar-refractivity contribution in [2.75, 3.05) is 13.2 Å². The molecular formula is C15H21FN2O2. The average Bonchev–Trinajstić information content (AvgIpc) is 2.46. The van der Waals surface area contributed by atoms with Crippen LogP contribution in [0.1, 0.15) is 26.2 Å². The molecule has 2 N–H and O–H groups in total. The molecule has 1 aromatic rings. The van der Waals surface area contributed by atoms with E-state index in [1.807, 2.05) is 6.92 Å². The summed E-state index contributed by atoms with van der Waals surface area (Å²) >= 11 is 0. The number of benzene rings is 1. The minimum absolute atomic E-state index is 0.0139. The lowest BCUT2D eigenvalue weighted by atomic mass is 10.0. The summed E-state index contributed by atoms with van der Waals surface area (Å²) in [5.41, 5.74) is 0. The molecular weight excluding hydrogens is 259 g/mol. The second-order valence-electron chi connectivity index (χ2n) is 5.18. The molecule has 2 unspecified atom stereocenters. The first-order valence-corrected chi connectivity index (χ1v) is 7.07. The lowest BCUT2D eigenvalue weighted by molar-refractivity contribution is -0.124. The summed E-state index contributed by atoms with van der Waals surface area (Å²) in [6, 6.07) is 5.78. The Balaban J connectivity index is 1.74. The number of hydrogen-bond donors (Lipinski definition) is 2. The van der Waals surface area contributed by atoms with E-state index in [0.29, 0.717) is 12.4 Å². The molecule has 5 heteroatoms. The molecule has 110 valence electrons. The van der Waals surface area contributed by atoms with Crippen LogP contribution >= 0.6 is 0 Å². The van der Waals surface area contributed by atoms with Crippen LogP contribution in [0.4, 0.5) is 4.39 Å². The molecule has 1 aliphatic rings. The van der Waals surface area contributed by atoms with E-state index in [4.69, 9.17) is 4.74 Å². The van der Waals surface area contributed by atoms with Gasteiger partial charge in [-0.3, -0.25) is 4.79 Å². The van der Waals surface area contributed by atoms with Gasteiger partial charge in [0.15, 0.2) is 0 Å². The fourth-order valence-electron chi connectivity index (χ4n) is 2.24. The molecule has 1 heterocycles. The zero-order chi connectivity index (χ0) is 14.4. The Labute approximate surface area is 118 Å². The van der Waals surface area contributed by atoms with Crippen LogP contribution in [-0.4, -0.2) is 31.1 Å². The molecule has 2 rings (SSSR count). The van der Waals surface area contributed by atoms with E-state index in [2.05, 4.69) is 10.6 Å². The van der Waals surface area contributed by atoms with Crippen LogP contribution < -0.4 is 15.4 Å². The van der Waals surface area contributed by atoms with Crippen LogP contribution in [0.3, 0.4) is 0 Å². The highest BCUT2D eigenvalue weighted by Gasteiger charge is 2.21. The highest BCUT2D eigenvalue weighted by Crippen LogP contribution is 2.12. The third-order valence-corrected chi connectivity index (χ3v) is 3.31. The van der Waals surface area contributed by atoms with E-state index < -0.39 is 0 Å². The van der Waals surface area contributed by atoms with Crippen molar-refractivity contribution in [3.05, 3.63) is 30.1 Å². The lowest BCUT2D eigenvalue weighted by Gasteiger charge is -2.24. The minimum atomic E-state index is -0.328. The van der Waals surface area contributed by atoms with Crippen LogP contribution in [-0.2, 0) is 4.79 Å². The predicted octanol–water partition coefficient (Wildman–Crippen LogP) is 1.85. The van der Waals surface area contributed by atoms with E-state index in [9.17, 15) is 9.18 Å². The average molecular weight is 280 g/mol. The fraction of sp³-hybridized carbons (Fsp3) is 0.533. The van der Waals surface area contributed by atoms with Crippen LogP contribution in [0.25, 0.3) is 0 Å². The van der Waals surface area contributed by atoms with Gasteiger partial charge in [-0.15, -0.1) is 0 Å². The Bertz CT molecular complexity index is 447. The summed E-state index contributed by atoms with van der Waals surface area (Å²) < 4.78 is 18.4. The van der Waals surface area contributed by atoms with E-state index in [1.165, 1.54) is 12.1 Å². The third kappa shape index (κ3) is 4.49. The molecule has 4 nitrogen and oxygen atoms in total. The van der Waals surface area contributed by atoms with Gasteiger partial charge in [-0.05, 0) is 38.4 Å². The van der Waals surface area contributed by atoms with Crippen molar-refractivity contribution in [1.82, 2.24) is 10.6 Å². The highest BCUT2D eigenvalue weighted by atomic mass is 19.1. The summed E-state index contributed by atoms with van der Waals surface area (Å²) in [6.07, 6.45) is 3.09. The molecule has 1 aliphatic heterocycles. The molecule has 0 spiro atoms. The summed E-state index contributed by atoms with van der Waals surface area (Å²) in [5.74, 6) is 0.160. The number of nitrogens with one attached hydrogen (secondary N) is 2. The molecule has 0 saturated carbocycles. The van der Waals surface area contributed by atoms with E-state index in [0.717, 1.165) is 25.8 Å². The first kappa shape index (κ1) is 14.8. The second-order valence-corrected chi connectivity index (χ2v) is 5.18. The Morgan fingerprint density at radius 2 is 2.40 bits per heavy atom. The summed E-state index contributed by atoms with van der Waals surface area (Å²) in [5, 5.41) is 6.12. The number of ether oxygens (including phenoxy) is 1. The number of hydrogen-bond acceptors (Lipinski definition) is 3. The molecule has 1 fully saturated rings. The van der Waals surface area contributed by atoms with Gasteiger partial charge in [0.25, 0.3) is 0 Å². The molecule has 1 amide bonds. The maximum Gasteiger partial charge on any atom is 0.237 e. The number of halogens is 1. The monoisotopic (exact) mass is 280 g/mol. The van der Waals surface area contributed by atoms with Gasteiger partial charge in [-0.2, -0.15) is 0 Å². The Morgan fingerprint density at radius 1 is 1.55 bits per heavy atom. The van der Waals surface area contributed by atoms with E-state index >= 15 is 0 Å². The summed E-state index contributed by atoms with van der Waals surface area (Å²) in [6.45, 7) is 3.09. The van der Waals surface area contributed by atoms with Crippen molar-refractivity contribution in [2.24, 2.45) is 0 Å². The van der Waals surface area contributed by atoms with E-state index in [-0.39, 0.29) is 23.8 Å². The van der Waals surface area contributed by atoms with Crippen molar-refractivity contribution in [3.63, 3.8) is 0 Å². The van der Waals surface area contributed by atoms with Gasteiger partial charge in [-0.1, -0.05) is 12.5 Å². The minimum Gasteiger partial charge on any atom is -0.491 e. The Kier molecular flexibility index (Phi) is 5.35. The number of carbonyl (C=O) groups excluding carboxylic acids is 1. The van der Waals surface area contributed by atoms with E-state index in [1.54, 1.807) is 12.1 Å². The molecule has 0 bridgehead atoms. The van der Waals surface area contributed by atoms with Crippen LogP contribution in [0.5, 0.6) is 5.75 Å². The maximum absolute atomic E-state index is 13.0.